The van der Waals surface area contributed by atoms with Crippen molar-refractivity contribution in [3.8, 4) is 0 Å². The summed E-state index contributed by atoms with van der Waals surface area (Å²) in [6, 6.07) is -1.13. The van der Waals surface area contributed by atoms with Gasteiger partial charge in [-0.05, 0) is 12.8 Å². The molecule has 0 aromatic rings. The van der Waals surface area contributed by atoms with Crippen LogP contribution >= 0.6 is 0 Å². The summed E-state index contributed by atoms with van der Waals surface area (Å²) in [6.45, 7) is 3.20. The second-order valence-electron chi connectivity index (χ2n) is 19.0. The highest BCUT2D eigenvalue weighted by atomic mass is 32.2. The summed E-state index contributed by atoms with van der Waals surface area (Å²) < 4.78 is 44.7. The van der Waals surface area contributed by atoms with Gasteiger partial charge in [-0.2, -0.15) is 8.42 Å². The Balaban J connectivity index is 2.38. The van der Waals surface area contributed by atoms with Crippen molar-refractivity contribution < 1.29 is 52.8 Å². The van der Waals surface area contributed by atoms with Crippen molar-refractivity contribution in [3.63, 3.8) is 0 Å². The minimum absolute atomic E-state index is 0.212. The summed E-state index contributed by atoms with van der Waals surface area (Å²) in [5.74, 6) is -0.340. The maximum atomic E-state index is 13.1. The van der Waals surface area contributed by atoms with Crippen LogP contribution in [0.3, 0.4) is 0 Å². The highest BCUT2D eigenvalue weighted by molar-refractivity contribution is 7.86. The maximum Gasteiger partial charge on any atom is 0.273 e. The van der Waals surface area contributed by atoms with E-state index in [9.17, 15) is 43.3 Å². The third kappa shape index (κ3) is 30.9. The first-order valence-corrected chi connectivity index (χ1v) is 27.8. The van der Waals surface area contributed by atoms with E-state index in [1.165, 1.54) is 173 Å². The van der Waals surface area contributed by atoms with Gasteiger partial charge in [-0.15, -0.1) is 0 Å². The molecule has 0 bridgehead atoms. The van der Waals surface area contributed by atoms with Crippen LogP contribution in [0.2, 0.25) is 0 Å². The van der Waals surface area contributed by atoms with Crippen LogP contribution in [-0.2, 0) is 24.4 Å². The van der Waals surface area contributed by atoms with Crippen LogP contribution in [0, 0.1) is 0 Å². The molecule has 8 atom stereocenters. The Morgan fingerprint density at radius 1 is 0.571 bits per heavy atom. The van der Waals surface area contributed by atoms with E-state index in [2.05, 4.69) is 19.2 Å². The van der Waals surface area contributed by atoms with Crippen LogP contribution < -0.4 is 5.32 Å². The summed E-state index contributed by atoms with van der Waals surface area (Å²) >= 11 is 0. The summed E-state index contributed by atoms with van der Waals surface area (Å²) in [7, 11) is -4.98. The Morgan fingerprint density at radius 3 is 1.27 bits per heavy atom. The fraction of sp³-hybridized carbons (Fsp3) is 0.980. The highest BCUT2D eigenvalue weighted by Gasteiger charge is 2.51. The standard InChI is InChI=1S/C50H99NO11S/c1-3-5-7-9-11-13-15-17-18-19-20-21-22-23-24-25-26-27-29-31-33-35-37-39-45(54)51-42(41-61-50-48(57)49(63(58,59)60)47(56)44(40-52)62-50)46(55)43(53)38-36-34-32-30-28-16-14-12-10-8-6-4-2/h42-44,46-50,52-53,55-57H,3-41H2,1-2H3,(H,51,54)(H,58,59,60)/t42-,43+,44+,46-,47-,48+,49-,50+/m0/s1. The Kier molecular flexibility index (Phi) is 38.4. The number of unbranched alkanes of at least 4 members (excludes halogenated alkanes) is 33. The number of rotatable bonds is 45. The van der Waals surface area contributed by atoms with Crippen molar-refractivity contribution >= 4 is 16.0 Å². The zero-order valence-electron chi connectivity index (χ0n) is 40.3. The number of hydrogen-bond acceptors (Lipinski definition) is 10. The molecule has 12 nitrogen and oxygen atoms in total. The fourth-order valence-electron chi connectivity index (χ4n) is 8.95. The van der Waals surface area contributed by atoms with Gasteiger partial charge < -0.3 is 40.3 Å². The molecule has 0 aromatic heterocycles. The minimum Gasteiger partial charge on any atom is -0.394 e. The first-order chi connectivity index (χ1) is 30.5. The number of amides is 1. The van der Waals surface area contributed by atoms with E-state index in [-0.39, 0.29) is 12.3 Å². The third-order valence-electron chi connectivity index (χ3n) is 13.1. The minimum atomic E-state index is -4.98. The molecule has 7 N–H and O–H groups in total. The van der Waals surface area contributed by atoms with Crippen molar-refractivity contribution in [3.05, 3.63) is 0 Å². The maximum absolute atomic E-state index is 13.1. The number of carbonyl (C=O) groups is 1. The molecule has 1 aliphatic heterocycles. The molecule has 0 aliphatic carbocycles. The zero-order chi connectivity index (χ0) is 46.4. The van der Waals surface area contributed by atoms with Crippen LogP contribution in [0.25, 0.3) is 0 Å². The van der Waals surface area contributed by atoms with Gasteiger partial charge in [0.05, 0.1) is 25.4 Å². The van der Waals surface area contributed by atoms with E-state index in [0.29, 0.717) is 19.3 Å². The second-order valence-corrected chi connectivity index (χ2v) is 20.5. The van der Waals surface area contributed by atoms with Crippen LogP contribution in [0.1, 0.15) is 251 Å². The van der Waals surface area contributed by atoms with E-state index >= 15 is 0 Å². The van der Waals surface area contributed by atoms with Gasteiger partial charge in [0.1, 0.15) is 29.7 Å². The smallest absolute Gasteiger partial charge is 0.273 e. The molecule has 1 saturated heterocycles. The molecule has 63 heavy (non-hydrogen) atoms. The molecule has 1 amide bonds. The van der Waals surface area contributed by atoms with Crippen LogP contribution in [0.4, 0.5) is 0 Å². The van der Waals surface area contributed by atoms with Crippen molar-refractivity contribution in [1.29, 1.82) is 0 Å². The average molecular weight is 922 g/mol. The lowest BCUT2D eigenvalue weighted by Crippen LogP contribution is -2.62. The van der Waals surface area contributed by atoms with Crippen molar-refractivity contribution in [2.45, 2.75) is 300 Å². The van der Waals surface area contributed by atoms with E-state index in [1.807, 2.05) is 0 Å². The average Bonchev–Trinajstić information content (AvgIpc) is 3.25. The van der Waals surface area contributed by atoms with Gasteiger partial charge in [-0.25, -0.2) is 0 Å². The lowest BCUT2D eigenvalue weighted by molar-refractivity contribution is -0.271. The Hall–Kier alpha value is -0.900. The van der Waals surface area contributed by atoms with Gasteiger partial charge >= 0.3 is 0 Å². The molecule has 1 fully saturated rings. The van der Waals surface area contributed by atoms with Gasteiger partial charge in [-0.3, -0.25) is 9.35 Å². The zero-order valence-corrected chi connectivity index (χ0v) is 41.1. The van der Waals surface area contributed by atoms with Crippen molar-refractivity contribution in [2.75, 3.05) is 13.2 Å². The van der Waals surface area contributed by atoms with Crippen molar-refractivity contribution in [1.82, 2.24) is 5.32 Å². The monoisotopic (exact) mass is 922 g/mol. The van der Waals surface area contributed by atoms with E-state index in [1.54, 1.807) is 0 Å². The first kappa shape index (κ1) is 60.1. The molecule has 0 aromatic carbocycles. The number of carbonyl (C=O) groups excluding carboxylic acids is 1. The van der Waals surface area contributed by atoms with E-state index in [4.69, 9.17) is 9.47 Å². The number of hydrogen-bond donors (Lipinski definition) is 7. The normalized spacial score (nSPS) is 20.8. The highest BCUT2D eigenvalue weighted by Crippen LogP contribution is 2.27. The quantitative estimate of drug-likeness (QED) is 0.0226. The summed E-state index contributed by atoms with van der Waals surface area (Å²) in [4.78, 5) is 13.1. The molecule has 0 radical (unpaired) electrons. The Labute approximate surface area is 385 Å². The van der Waals surface area contributed by atoms with E-state index < -0.39 is 71.4 Å². The number of aliphatic hydroxyl groups is 5. The number of ether oxygens (including phenoxy) is 2. The summed E-state index contributed by atoms with van der Waals surface area (Å²) in [5.41, 5.74) is 0. The fourth-order valence-corrected chi connectivity index (χ4v) is 9.96. The second kappa shape index (κ2) is 40.2. The number of aliphatic hydroxyl groups excluding tert-OH is 5. The Bertz CT molecular complexity index is 1150. The van der Waals surface area contributed by atoms with Gasteiger partial charge in [0.2, 0.25) is 5.91 Å². The summed E-state index contributed by atoms with van der Waals surface area (Å²) in [5, 5.41) is 53.5. The van der Waals surface area contributed by atoms with Gasteiger partial charge in [0.25, 0.3) is 10.1 Å². The molecular formula is C50H99NO11S. The molecule has 13 heteroatoms. The molecular weight excluding hydrogens is 823 g/mol. The largest absolute Gasteiger partial charge is 0.394 e. The molecule has 376 valence electrons. The third-order valence-corrected chi connectivity index (χ3v) is 14.4. The SMILES string of the molecule is CCCCCCCCCCCCCCCCCCCCCCCCCC(=O)N[C@@H](CO[C@@H]1O[C@H](CO)[C@H](O)[C@H](S(=O)(=O)O)[C@H]1O)[C@H](O)[C@H](O)CCCCCCCCCCCCCC. The lowest BCUT2D eigenvalue weighted by Gasteiger charge is -2.41. The molecule has 1 rings (SSSR count). The molecule has 1 heterocycles. The van der Waals surface area contributed by atoms with Crippen LogP contribution in [0.15, 0.2) is 0 Å². The van der Waals surface area contributed by atoms with Crippen molar-refractivity contribution in [2.24, 2.45) is 0 Å². The number of nitrogens with one attached hydrogen (secondary N) is 1. The lowest BCUT2D eigenvalue weighted by atomic mass is 9.99. The first-order valence-electron chi connectivity index (χ1n) is 26.3. The van der Waals surface area contributed by atoms with E-state index in [0.717, 1.165) is 38.5 Å². The van der Waals surface area contributed by atoms with Gasteiger partial charge in [-0.1, -0.05) is 232 Å². The summed E-state index contributed by atoms with van der Waals surface area (Å²) in [6.07, 6.45) is 34.2. The Morgan fingerprint density at radius 2 is 0.921 bits per heavy atom. The molecule has 0 unspecified atom stereocenters. The predicted octanol–water partition coefficient (Wildman–Crippen LogP) is 10.4. The van der Waals surface area contributed by atoms with Gasteiger partial charge in [0, 0.05) is 6.42 Å². The molecule has 0 spiro atoms. The van der Waals surface area contributed by atoms with Crippen LogP contribution in [-0.4, -0.2) is 106 Å². The van der Waals surface area contributed by atoms with Crippen LogP contribution in [0.5, 0.6) is 0 Å². The molecule has 0 saturated carbocycles. The van der Waals surface area contributed by atoms with Gasteiger partial charge in [0.15, 0.2) is 6.29 Å². The molecule has 1 aliphatic rings. The predicted molar refractivity (Wildman–Crippen MR) is 255 cm³/mol. The topological polar surface area (TPSA) is 203 Å².